The summed E-state index contributed by atoms with van der Waals surface area (Å²) >= 11 is 7.07. The molecule has 8 heteroatoms. The van der Waals surface area contributed by atoms with Crippen LogP contribution in [-0.4, -0.2) is 14.7 Å². The van der Waals surface area contributed by atoms with Crippen LogP contribution in [0.1, 0.15) is 4.88 Å². The van der Waals surface area contributed by atoms with Crippen LogP contribution in [0, 0.1) is 5.82 Å². The van der Waals surface area contributed by atoms with Gasteiger partial charge < -0.3 is 5.11 Å². The van der Waals surface area contributed by atoms with Crippen LogP contribution in [0.15, 0.2) is 21.7 Å². The Labute approximate surface area is 109 Å². The summed E-state index contributed by atoms with van der Waals surface area (Å²) in [6.07, 6.45) is 0.399. The summed E-state index contributed by atoms with van der Waals surface area (Å²) in [5.74, 6) is -2.31. The van der Waals surface area contributed by atoms with E-state index in [2.05, 4.69) is 0 Å². The normalized spacial score (nSPS) is 10.8. The molecule has 2 aromatic heterocycles. The van der Waals surface area contributed by atoms with Crippen LogP contribution >= 0.6 is 22.9 Å². The van der Waals surface area contributed by atoms with Crippen molar-refractivity contribution in [3.63, 3.8) is 0 Å². The van der Waals surface area contributed by atoms with E-state index in [0.717, 1.165) is 9.44 Å². The number of nitrogens with one attached hydrogen (secondary N) is 1. The van der Waals surface area contributed by atoms with E-state index in [-0.39, 0.29) is 6.54 Å². The van der Waals surface area contributed by atoms with Crippen molar-refractivity contribution in [2.75, 3.05) is 0 Å². The molecule has 0 aliphatic heterocycles. The fourth-order valence-corrected chi connectivity index (χ4v) is 2.53. The van der Waals surface area contributed by atoms with Crippen molar-refractivity contribution in [1.82, 2.24) is 9.55 Å². The number of hydrogen-bond acceptors (Lipinski definition) is 4. The predicted octanol–water partition coefficient (Wildman–Crippen LogP) is 1.34. The summed E-state index contributed by atoms with van der Waals surface area (Å²) in [5.41, 5.74) is -2.07. The number of hydrogen-bond donors (Lipinski definition) is 2. The number of H-pyrrole nitrogens is 1. The second-order valence-corrected chi connectivity index (χ2v) is 5.30. The quantitative estimate of drug-likeness (QED) is 0.896. The van der Waals surface area contributed by atoms with Gasteiger partial charge in [-0.05, 0) is 12.1 Å². The Kier molecular flexibility index (Phi) is 3.53. The van der Waals surface area contributed by atoms with Gasteiger partial charge >= 0.3 is 5.69 Å². The van der Waals surface area contributed by atoms with Crippen molar-refractivity contribution in [2.24, 2.45) is 0 Å². The molecule has 2 heterocycles. The van der Waals surface area contributed by atoms with Crippen molar-refractivity contribution >= 4 is 22.9 Å². The molecule has 0 unspecified atom stereocenters. The van der Waals surface area contributed by atoms with Gasteiger partial charge in [-0.25, -0.2) is 4.79 Å². The van der Waals surface area contributed by atoms with Crippen LogP contribution in [0.2, 0.25) is 4.34 Å². The van der Waals surface area contributed by atoms with Crippen molar-refractivity contribution in [1.29, 1.82) is 0 Å². The zero-order valence-corrected chi connectivity index (χ0v) is 10.5. The van der Waals surface area contributed by atoms with Crippen molar-refractivity contribution in [2.45, 2.75) is 13.0 Å². The lowest BCUT2D eigenvalue weighted by molar-refractivity contribution is 0.360. The molecule has 0 atom stereocenters. The zero-order chi connectivity index (χ0) is 13.3. The monoisotopic (exact) mass is 290 g/mol. The molecule has 5 nitrogen and oxygen atoms in total. The lowest BCUT2D eigenvalue weighted by Crippen LogP contribution is -2.32. The van der Waals surface area contributed by atoms with Crippen LogP contribution in [0.5, 0.6) is 5.88 Å². The number of aromatic amines is 1. The van der Waals surface area contributed by atoms with E-state index in [1.165, 1.54) is 11.3 Å². The minimum absolute atomic E-state index is 0.0508. The predicted molar refractivity (Wildman–Crippen MR) is 66.0 cm³/mol. The third-order valence-corrected chi connectivity index (χ3v) is 3.62. The van der Waals surface area contributed by atoms with E-state index >= 15 is 0 Å². The van der Waals surface area contributed by atoms with E-state index in [1.807, 2.05) is 0 Å². The molecule has 0 saturated carbocycles. The maximum atomic E-state index is 13.1. The number of nitrogens with zero attached hydrogens (tertiary/aromatic N) is 1. The molecule has 0 amide bonds. The topological polar surface area (TPSA) is 75.1 Å². The second-order valence-electron chi connectivity index (χ2n) is 3.50. The summed E-state index contributed by atoms with van der Waals surface area (Å²) in [7, 11) is 0. The van der Waals surface area contributed by atoms with Crippen LogP contribution in [0.25, 0.3) is 0 Å². The Morgan fingerprint density at radius 3 is 2.78 bits per heavy atom. The van der Waals surface area contributed by atoms with Gasteiger partial charge in [-0.3, -0.25) is 14.3 Å². The molecule has 18 heavy (non-hydrogen) atoms. The molecule has 2 rings (SSSR count). The van der Waals surface area contributed by atoms with Gasteiger partial charge in [0.2, 0.25) is 11.7 Å². The Bertz CT molecular complexity index is 691. The molecule has 0 saturated heterocycles. The smallest absolute Gasteiger partial charge is 0.331 e. The third-order valence-electron chi connectivity index (χ3n) is 2.33. The first-order valence-corrected chi connectivity index (χ1v) is 6.14. The first-order chi connectivity index (χ1) is 8.49. The number of aromatic hydroxyl groups is 1. The van der Waals surface area contributed by atoms with Gasteiger partial charge in [-0.2, -0.15) is 4.39 Å². The zero-order valence-electron chi connectivity index (χ0n) is 8.94. The largest absolute Gasteiger partial charge is 0.492 e. The van der Waals surface area contributed by atoms with Gasteiger partial charge in [0.05, 0.1) is 4.34 Å². The highest BCUT2D eigenvalue weighted by atomic mass is 35.5. The number of halogens is 2. The molecular formula is C10H8ClFN2O3S. The molecule has 96 valence electrons. The fraction of sp³-hybridized carbons (Fsp3) is 0.200. The maximum absolute atomic E-state index is 13.1. The van der Waals surface area contributed by atoms with Gasteiger partial charge in [-0.1, -0.05) is 11.6 Å². The van der Waals surface area contributed by atoms with Crippen LogP contribution in [0.4, 0.5) is 4.39 Å². The Hall–Kier alpha value is -1.60. The van der Waals surface area contributed by atoms with Gasteiger partial charge in [0.1, 0.15) is 0 Å². The highest BCUT2D eigenvalue weighted by Gasteiger charge is 2.13. The van der Waals surface area contributed by atoms with Gasteiger partial charge in [0, 0.05) is 17.8 Å². The lowest BCUT2D eigenvalue weighted by Gasteiger charge is -2.06. The van der Waals surface area contributed by atoms with E-state index in [4.69, 9.17) is 11.6 Å². The van der Waals surface area contributed by atoms with E-state index in [1.54, 1.807) is 17.1 Å². The van der Waals surface area contributed by atoms with E-state index in [0.29, 0.717) is 10.8 Å². The van der Waals surface area contributed by atoms with Crippen LogP contribution < -0.4 is 11.2 Å². The Morgan fingerprint density at radius 2 is 2.17 bits per heavy atom. The average molecular weight is 291 g/mol. The molecule has 0 radical (unpaired) electrons. The third kappa shape index (κ3) is 2.46. The molecule has 0 aliphatic rings. The minimum Gasteiger partial charge on any atom is -0.492 e. The first kappa shape index (κ1) is 12.8. The standard InChI is InChI=1S/C10H8ClFN2O3S/c11-6-2-1-5(18-6)3-4-14-9(16)7(12)8(15)13-10(14)17/h1-2,16H,3-4H2,(H,13,15,17). The maximum Gasteiger partial charge on any atom is 0.331 e. The number of rotatable bonds is 3. The summed E-state index contributed by atoms with van der Waals surface area (Å²) in [4.78, 5) is 24.9. The summed E-state index contributed by atoms with van der Waals surface area (Å²) in [6.45, 7) is 0.0508. The highest BCUT2D eigenvalue weighted by Crippen LogP contribution is 2.22. The highest BCUT2D eigenvalue weighted by molar-refractivity contribution is 7.16. The minimum atomic E-state index is -1.36. The Balaban J connectivity index is 2.27. The SMILES string of the molecule is O=c1[nH]c(=O)n(CCc2ccc(Cl)s2)c(O)c1F. The van der Waals surface area contributed by atoms with E-state index in [9.17, 15) is 19.1 Å². The van der Waals surface area contributed by atoms with Crippen LogP contribution in [0.3, 0.4) is 0 Å². The number of aromatic nitrogens is 2. The summed E-state index contributed by atoms with van der Waals surface area (Å²) in [6, 6.07) is 3.48. The Morgan fingerprint density at radius 1 is 1.44 bits per heavy atom. The molecule has 0 fully saturated rings. The van der Waals surface area contributed by atoms with Gasteiger partial charge in [0.15, 0.2) is 0 Å². The molecule has 0 aliphatic carbocycles. The molecule has 2 N–H and O–H groups in total. The summed E-state index contributed by atoms with van der Waals surface area (Å²) < 4.78 is 14.5. The molecular weight excluding hydrogens is 283 g/mol. The first-order valence-electron chi connectivity index (χ1n) is 4.95. The van der Waals surface area contributed by atoms with Gasteiger partial charge in [0.25, 0.3) is 5.56 Å². The number of thiophene rings is 1. The molecule has 0 spiro atoms. The average Bonchev–Trinajstić information content (AvgIpc) is 2.72. The lowest BCUT2D eigenvalue weighted by atomic mass is 10.3. The summed E-state index contributed by atoms with van der Waals surface area (Å²) in [5, 5.41) is 9.39. The second kappa shape index (κ2) is 4.95. The van der Waals surface area contributed by atoms with E-state index < -0.39 is 22.9 Å². The molecule has 0 bridgehead atoms. The van der Waals surface area contributed by atoms with Crippen molar-refractivity contribution < 1.29 is 9.50 Å². The molecule has 0 aromatic carbocycles. The van der Waals surface area contributed by atoms with Gasteiger partial charge in [-0.15, -0.1) is 11.3 Å². The van der Waals surface area contributed by atoms with Crippen LogP contribution in [-0.2, 0) is 13.0 Å². The molecule has 2 aromatic rings. The van der Waals surface area contributed by atoms with Crippen molar-refractivity contribution in [3.05, 3.63) is 48.0 Å². The van der Waals surface area contributed by atoms with Crippen molar-refractivity contribution in [3.8, 4) is 5.88 Å². The fourth-order valence-electron chi connectivity index (χ4n) is 1.45. The number of aryl methyl sites for hydroxylation is 1.